The van der Waals surface area contributed by atoms with Crippen LogP contribution in [0.3, 0.4) is 0 Å². The smallest absolute Gasteiger partial charge is 0.123 e. The summed E-state index contributed by atoms with van der Waals surface area (Å²) >= 11 is 0. The molecule has 0 atom stereocenters. The molecule has 0 bridgehead atoms. The Morgan fingerprint density at radius 1 is 1.35 bits per heavy atom. The van der Waals surface area contributed by atoms with Crippen LogP contribution in [0.1, 0.15) is 25.3 Å². The van der Waals surface area contributed by atoms with Crippen molar-refractivity contribution in [2.45, 2.75) is 31.8 Å². The van der Waals surface area contributed by atoms with Crippen molar-refractivity contribution in [2.75, 3.05) is 33.2 Å². The predicted molar refractivity (Wildman–Crippen MR) is 81.0 cm³/mol. The summed E-state index contributed by atoms with van der Waals surface area (Å²) in [6.07, 6.45) is 2.17. The third kappa shape index (κ3) is 3.37. The lowest BCUT2D eigenvalue weighted by molar-refractivity contribution is 0.0418. The van der Waals surface area contributed by atoms with Crippen molar-refractivity contribution in [3.8, 4) is 0 Å². The molecule has 3 nitrogen and oxygen atoms in total. The summed E-state index contributed by atoms with van der Waals surface area (Å²) < 4.78 is 13.3. The van der Waals surface area contributed by atoms with Crippen molar-refractivity contribution in [3.63, 3.8) is 0 Å². The number of hydrogen-bond donors (Lipinski definition) is 1. The number of hydrogen-bond acceptors (Lipinski definition) is 3. The Morgan fingerprint density at radius 2 is 2.05 bits per heavy atom. The fourth-order valence-electron chi connectivity index (χ4n) is 3.10. The first-order valence-electron chi connectivity index (χ1n) is 7.48. The maximum absolute atomic E-state index is 13.3. The lowest BCUT2D eigenvalue weighted by Crippen LogP contribution is -2.57. The van der Waals surface area contributed by atoms with E-state index in [4.69, 9.17) is 5.73 Å². The van der Waals surface area contributed by atoms with Gasteiger partial charge in [0.1, 0.15) is 5.82 Å². The molecule has 1 aromatic carbocycles. The molecule has 1 aromatic rings. The molecule has 112 valence electrons. The molecule has 4 heteroatoms. The number of likely N-dealkylation sites (N-methyl/N-ethyl adjacent to an activating group) is 1. The average molecular weight is 279 g/mol. The number of rotatable bonds is 5. The molecule has 1 heterocycles. The Bertz CT molecular complexity index is 427. The molecule has 1 aliphatic heterocycles. The van der Waals surface area contributed by atoms with E-state index in [1.807, 2.05) is 6.07 Å². The van der Waals surface area contributed by atoms with Gasteiger partial charge in [0, 0.05) is 18.6 Å². The Kier molecular flexibility index (Phi) is 5.13. The van der Waals surface area contributed by atoms with Gasteiger partial charge in [-0.25, -0.2) is 4.39 Å². The minimum atomic E-state index is -0.168. The van der Waals surface area contributed by atoms with Crippen LogP contribution in [0.25, 0.3) is 0 Å². The zero-order valence-corrected chi connectivity index (χ0v) is 12.6. The molecular weight excluding hydrogens is 253 g/mol. The van der Waals surface area contributed by atoms with E-state index < -0.39 is 0 Å². The van der Waals surface area contributed by atoms with Crippen LogP contribution in [0, 0.1) is 5.82 Å². The lowest BCUT2D eigenvalue weighted by Gasteiger charge is -2.47. The van der Waals surface area contributed by atoms with Crippen molar-refractivity contribution < 1.29 is 4.39 Å². The van der Waals surface area contributed by atoms with Gasteiger partial charge in [0.05, 0.1) is 0 Å². The highest BCUT2D eigenvalue weighted by molar-refractivity contribution is 5.16. The van der Waals surface area contributed by atoms with Gasteiger partial charge >= 0.3 is 0 Å². The minimum absolute atomic E-state index is 0.0536. The minimum Gasteiger partial charge on any atom is -0.329 e. The van der Waals surface area contributed by atoms with E-state index >= 15 is 0 Å². The van der Waals surface area contributed by atoms with Crippen LogP contribution >= 0.6 is 0 Å². The number of nitrogens with zero attached hydrogens (tertiary/aromatic N) is 2. The summed E-state index contributed by atoms with van der Waals surface area (Å²) in [6.45, 7) is 6.92. The van der Waals surface area contributed by atoms with Crippen molar-refractivity contribution >= 4 is 0 Å². The van der Waals surface area contributed by atoms with Crippen LogP contribution in [0.15, 0.2) is 24.3 Å². The van der Waals surface area contributed by atoms with Crippen LogP contribution in [0.5, 0.6) is 0 Å². The van der Waals surface area contributed by atoms with Gasteiger partial charge < -0.3 is 10.6 Å². The molecule has 0 spiro atoms. The number of benzene rings is 1. The molecule has 1 aliphatic rings. The van der Waals surface area contributed by atoms with Crippen LogP contribution in [0.2, 0.25) is 0 Å². The van der Waals surface area contributed by atoms with Gasteiger partial charge in [0.25, 0.3) is 0 Å². The number of nitrogens with two attached hydrogens (primary N) is 1. The molecule has 0 saturated carbocycles. The summed E-state index contributed by atoms with van der Waals surface area (Å²) in [5.74, 6) is -0.168. The van der Waals surface area contributed by atoms with Gasteiger partial charge in [-0.3, -0.25) is 4.90 Å². The third-order valence-corrected chi connectivity index (χ3v) is 4.73. The molecule has 2 rings (SSSR count). The topological polar surface area (TPSA) is 32.5 Å². The van der Waals surface area contributed by atoms with E-state index in [1.54, 1.807) is 12.1 Å². The standard InChI is InChI=1S/C16H26FN3/c1-3-20-9-7-16(13-18,8-10-20)19(2)12-14-5-4-6-15(17)11-14/h4-6,11H,3,7-10,12-13,18H2,1-2H3. The first kappa shape index (κ1) is 15.4. The Morgan fingerprint density at radius 3 is 2.60 bits per heavy atom. The summed E-state index contributed by atoms with van der Waals surface area (Å²) in [7, 11) is 2.11. The highest BCUT2D eigenvalue weighted by Gasteiger charge is 2.36. The second-order valence-electron chi connectivity index (χ2n) is 5.85. The first-order valence-corrected chi connectivity index (χ1v) is 7.48. The van der Waals surface area contributed by atoms with Gasteiger partial charge in [0.15, 0.2) is 0 Å². The fraction of sp³-hybridized carbons (Fsp3) is 0.625. The number of likely N-dealkylation sites (tertiary alicyclic amines) is 1. The van der Waals surface area contributed by atoms with E-state index in [2.05, 4.69) is 23.8 Å². The Hall–Kier alpha value is -0.970. The molecule has 0 radical (unpaired) electrons. The number of halogens is 1. The van der Waals surface area contributed by atoms with E-state index in [0.29, 0.717) is 6.54 Å². The van der Waals surface area contributed by atoms with Gasteiger partial charge in [-0.15, -0.1) is 0 Å². The second-order valence-corrected chi connectivity index (χ2v) is 5.85. The van der Waals surface area contributed by atoms with Crippen molar-refractivity contribution in [3.05, 3.63) is 35.6 Å². The summed E-state index contributed by atoms with van der Waals surface area (Å²) in [5, 5.41) is 0. The third-order valence-electron chi connectivity index (χ3n) is 4.73. The predicted octanol–water partition coefficient (Wildman–Crippen LogP) is 2.07. The maximum atomic E-state index is 13.3. The Labute approximate surface area is 121 Å². The summed E-state index contributed by atoms with van der Waals surface area (Å²) in [6, 6.07) is 6.85. The van der Waals surface area contributed by atoms with Crippen molar-refractivity contribution in [2.24, 2.45) is 5.73 Å². The highest BCUT2D eigenvalue weighted by Crippen LogP contribution is 2.28. The highest BCUT2D eigenvalue weighted by atomic mass is 19.1. The molecule has 1 saturated heterocycles. The SMILES string of the molecule is CCN1CCC(CN)(N(C)Cc2cccc(F)c2)CC1. The number of piperidine rings is 1. The van der Waals surface area contributed by atoms with Crippen molar-refractivity contribution in [1.29, 1.82) is 0 Å². The quantitative estimate of drug-likeness (QED) is 0.895. The molecular formula is C16H26FN3. The van der Waals surface area contributed by atoms with E-state index in [1.165, 1.54) is 6.07 Å². The maximum Gasteiger partial charge on any atom is 0.123 e. The van der Waals surface area contributed by atoms with Crippen LogP contribution in [-0.2, 0) is 6.54 Å². The van der Waals surface area contributed by atoms with E-state index in [0.717, 1.165) is 44.6 Å². The molecule has 0 aromatic heterocycles. The molecule has 20 heavy (non-hydrogen) atoms. The summed E-state index contributed by atoms with van der Waals surface area (Å²) in [4.78, 5) is 4.78. The normalized spacial score (nSPS) is 19.4. The zero-order valence-electron chi connectivity index (χ0n) is 12.6. The first-order chi connectivity index (χ1) is 9.59. The van der Waals surface area contributed by atoms with Gasteiger partial charge in [-0.05, 0) is 57.2 Å². The van der Waals surface area contributed by atoms with Crippen LogP contribution in [-0.4, -0.2) is 48.6 Å². The Balaban J connectivity index is 2.04. The second kappa shape index (κ2) is 6.66. The van der Waals surface area contributed by atoms with Gasteiger partial charge in [-0.2, -0.15) is 0 Å². The zero-order chi connectivity index (χ0) is 14.6. The molecule has 2 N–H and O–H groups in total. The largest absolute Gasteiger partial charge is 0.329 e. The van der Waals surface area contributed by atoms with Gasteiger partial charge in [-0.1, -0.05) is 19.1 Å². The molecule has 0 aliphatic carbocycles. The lowest BCUT2D eigenvalue weighted by atomic mass is 9.85. The molecule has 0 amide bonds. The van der Waals surface area contributed by atoms with Crippen LogP contribution in [0.4, 0.5) is 4.39 Å². The van der Waals surface area contributed by atoms with E-state index in [-0.39, 0.29) is 11.4 Å². The summed E-state index contributed by atoms with van der Waals surface area (Å²) in [5.41, 5.74) is 7.14. The molecule has 1 fully saturated rings. The van der Waals surface area contributed by atoms with Gasteiger partial charge in [0.2, 0.25) is 0 Å². The van der Waals surface area contributed by atoms with E-state index in [9.17, 15) is 4.39 Å². The van der Waals surface area contributed by atoms with Crippen LogP contribution < -0.4 is 5.73 Å². The fourth-order valence-corrected chi connectivity index (χ4v) is 3.10. The molecule has 0 unspecified atom stereocenters. The monoisotopic (exact) mass is 279 g/mol. The average Bonchev–Trinajstić information content (AvgIpc) is 2.47. The van der Waals surface area contributed by atoms with Crippen molar-refractivity contribution in [1.82, 2.24) is 9.80 Å².